The summed E-state index contributed by atoms with van der Waals surface area (Å²) in [7, 11) is 3.63. The van der Waals surface area contributed by atoms with Crippen molar-refractivity contribution in [3.05, 3.63) is 19.2 Å². The predicted molar refractivity (Wildman–Crippen MR) is 85.5 cm³/mol. The van der Waals surface area contributed by atoms with Crippen LogP contribution in [-0.2, 0) is 11.3 Å². The lowest BCUT2D eigenvalue weighted by atomic mass is 10.1. The Bertz CT molecular complexity index is 444. The number of likely N-dealkylation sites (N-methyl/N-ethyl adjacent to an activating group) is 1. The molecular formula is C12H17Br2N3OS. The summed E-state index contributed by atoms with van der Waals surface area (Å²) in [6.07, 6.45) is 0. The molecule has 19 heavy (non-hydrogen) atoms. The zero-order chi connectivity index (χ0) is 14.0. The van der Waals surface area contributed by atoms with Crippen molar-refractivity contribution in [2.75, 3.05) is 33.7 Å². The first kappa shape index (κ1) is 15.4. The van der Waals surface area contributed by atoms with Crippen LogP contribution in [0.1, 0.15) is 4.88 Å². The second-order valence-corrected chi connectivity index (χ2v) is 8.07. The van der Waals surface area contributed by atoms with E-state index in [2.05, 4.69) is 48.1 Å². The molecular weight excluding hydrogens is 394 g/mol. The minimum Gasteiger partial charge on any atom is -0.347 e. The Hall–Kier alpha value is 0.0500. The average Bonchev–Trinajstić information content (AvgIpc) is 2.68. The molecule has 2 heterocycles. The molecule has 0 saturated carbocycles. The maximum Gasteiger partial charge on any atom is 0.240 e. The van der Waals surface area contributed by atoms with E-state index in [9.17, 15) is 4.79 Å². The van der Waals surface area contributed by atoms with Gasteiger partial charge in [0.05, 0.1) is 3.79 Å². The highest BCUT2D eigenvalue weighted by atomic mass is 79.9. The summed E-state index contributed by atoms with van der Waals surface area (Å²) in [5, 5.41) is 3.30. The molecule has 4 nitrogen and oxygen atoms in total. The summed E-state index contributed by atoms with van der Waals surface area (Å²) in [5.41, 5.74) is 0. The Morgan fingerprint density at radius 1 is 1.58 bits per heavy atom. The number of piperazine rings is 1. The average molecular weight is 411 g/mol. The van der Waals surface area contributed by atoms with Crippen LogP contribution in [0.25, 0.3) is 0 Å². The van der Waals surface area contributed by atoms with Crippen molar-refractivity contribution in [3.63, 3.8) is 0 Å². The van der Waals surface area contributed by atoms with Gasteiger partial charge in [0.25, 0.3) is 0 Å². The molecule has 1 amide bonds. The summed E-state index contributed by atoms with van der Waals surface area (Å²) in [6, 6.07) is 2.05. The van der Waals surface area contributed by atoms with Crippen LogP contribution in [-0.4, -0.2) is 55.5 Å². The van der Waals surface area contributed by atoms with E-state index in [0.717, 1.165) is 34.4 Å². The number of carbonyl (C=O) groups is 1. The molecule has 2 rings (SSSR count). The molecule has 1 unspecified atom stereocenters. The molecule has 1 aromatic rings. The van der Waals surface area contributed by atoms with Gasteiger partial charge in [-0.1, -0.05) is 0 Å². The molecule has 1 N–H and O–H groups in total. The van der Waals surface area contributed by atoms with Crippen molar-refractivity contribution in [1.29, 1.82) is 0 Å². The molecule has 1 fully saturated rings. The molecule has 1 atom stereocenters. The van der Waals surface area contributed by atoms with Crippen LogP contribution >= 0.6 is 43.2 Å². The maximum atomic E-state index is 12.2. The summed E-state index contributed by atoms with van der Waals surface area (Å²) in [6.45, 7) is 3.38. The molecule has 0 radical (unpaired) electrons. The number of halogens is 2. The first-order valence-corrected chi connectivity index (χ1v) is 8.49. The molecule has 1 saturated heterocycles. The van der Waals surface area contributed by atoms with E-state index in [-0.39, 0.29) is 11.9 Å². The molecule has 106 valence electrons. The van der Waals surface area contributed by atoms with Crippen molar-refractivity contribution < 1.29 is 4.79 Å². The van der Waals surface area contributed by atoms with E-state index >= 15 is 0 Å². The van der Waals surface area contributed by atoms with Gasteiger partial charge in [0, 0.05) is 49.6 Å². The Labute approximate surface area is 134 Å². The Morgan fingerprint density at radius 2 is 2.32 bits per heavy atom. The highest BCUT2D eigenvalue weighted by Gasteiger charge is 2.29. The van der Waals surface area contributed by atoms with Gasteiger partial charge in [-0.2, -0.15) is 0 Å². The normalized spacial score (nSPS) is 20.5. The molecule has 7 heteroatoms. The summed E-state index contributed by atoms with van der Waals surface area (Å²) < 4.78 is 2.19. The van der Waals surface area contributed by atoms with Crippen LogP contribution < -0.4 is 5.32 Å². The highest BCUT2D eigenvalue weighted by Crippen LogP contribution is 2.33. The van der Waals surface area contributed by atoms with Crippen molar-refractivity contribution >= 4 is 49.1 Å². The van der Waals surface area contributed by atoms with Crippen LogP contribution in [0.5, 0.6) is 0 Å². The monoisotopic (exact) mass is 409 g/mol. The minimum absolute atomic E-state index is 0.0663. The molecule has 0 aliphatic carbocycles. The van der Waals surface area contributed by atoms with Crippen LogP contribution in [0, 0.1) is 0 Å². The quantitative estimate of drug-likeness (QED) is 0.828. The molecule has 0 spiro atoms. The van der Waals surface area contributed by atoms with Gasteiger partial charge in [-0.15, -0.1) is 11.3 Å². The lowest BCUT2D eigenvalue weighted by molar-refractivity contribution is -0.135. The number of amides is 1. The molecule has 1 aliphatic rings. The van der Waals surface area contributed by atoms with Gasteiger partial charge in [0.15, 0.2) is 0 Å². The van der Waals surface area contributed by atoms with Crippen LogP contribution in [0.15, 0.2) is 14.3 Å². The number of hydrogen-bond acceptors (Lipinski definition) is 4. The number of thiophene rings is 1. The molecule has 1 aromatic heterocycles. The molecule has 0 bridgehead atoms. The minimum atomic E-state index is -0.0663. The third kappa shape index (κ3) is 3.78. The second kappa shape index (κ2) is 6.67. The third-order valence-electron chi connectivity index (χ3n) is 3.14. The van der Waals surface area contributed by atoms with Crippen molar-refractivity contribution in [1.82, 2.24) is 15.1 Å². The van der Waals surface area contributed by atoms with Gasteiger partial charge in [0.1, 0.15) is 6.04 Å². The van der Waals surface area contributed by atoms with E-state index in [1.165, 1.54) is 4.88 Å². The third-order valence-corrected chi connectivity index (χ3v) is 6.38. The van der Waals surface area contributed by atoms with Crippen LogP contribution in [0.4, 0.5) is 0 Å². The van der Waals surface area contributed by atoms with Crippen molar-refractivity contribution in [2.45, 2.75) is 12.6 Å². The van der Waals surface area contributed by atoms with Gasteiger partial charge in [0.2, 0.25) is 5.91 Å². The van der Waals surface area contributed by atoms with Crippen LogP contribution in [0.3, 0.4) is 0 Å². The number of nitrogens with one attached hydrogen (secondary N) is 1. The van der Waals surface area contributed by atoms with E-state index in [1.807, 2.05) is 14.1 Å². The lowest BCUT2D eigenvalue weighted by Gasteiger charge is -2.36. The van der Waals surface area contributed by atoms with Gasteiger partial charge in [-0.05, 0) is 37.9 Å². The zero-order valence-corrected chi connectivity index (χ0v) is 14.9. The fourth-order valence-electron chi connectivity index (χ4n) is 2.15. The maximum absolute atomic E-state index is 12.2. The fourth-order valence-corrected chi connectivity index (χ4v) is 4.35. The SMILES string of the molecule is CN(C)C(=O)C1CNCCN1Cc1cc(Br)c(Br)s1. The Balaban J connectivity index is 2.09. The van der Waals surface area contributed by atoms with Gasteiger partial charge in [-0.25, -0.2) is 0 Å². The number of nitrogens with zero attached hydrogens (tertiary/aromatic N) is 2. The van der Waals surface area contributed by atoms with Crippen LogP contribution in [0.2, 0.25) is 0 Å². The van der Waals surface area contributed by atoms with E-state index in [1.54, 1.807) is 16.2 Å². The Morgan fingerprint density at radius 3 is 2.89 bits per heavy atom. The highest BCUT2D eigenvalue weighted by molar-refractivity contribution is 9.13. The topological polar surface area (TPSA) is 35.6 Å². The van der Waals surface area contributed by atoms with E-state index < -0.39 is 0 Å². The van der Waals surface area contributed by atoms with Gasteiger partial charge in [-0.3, -0.25) is 9.69 Å². The lowest BCUT2D eigenvalue weighted by Crippen LogP contribution is -2.57. The van der Waals surface area contributed by atoms with Gasteiger partial charge >= 0.3 is 0 Å². The standard InChI is InChI=1S/C12H17Br2N3OS/c1-16(2)12(18)10-6-15-3-4-17(10)7-8-5-9(13)11(14)19-8/h5,10,15H,3-4,6-7H2,1-2H3. The Kier molecular flexibility index (Phi) is 5.42. The molecule has 0 aromatic carbocycles. The smallest absolute Gasteiger partial charge is 0.240 e. The predicted octanol–water partition coefficient (Wildman–Crippen LogP) is 2.14. The first-order chi connectivity index (χ1) is 8.99. The second-order valence-electron chi connectivity index (χ2n) is 4.76. The number of carbonyl (C=O) groups excluding carboxylic acids is 1. The van der Waals surface area contributed by atoms with Gasteiger partial charge < -0.3 is 10.2 Å². The fraction of sp³-hybridized carbons (Fsp3) is 0.583. The first-order valence-electron chi connectivity index (χ1n) is 6.08. The summed E-state index contributed by atoms with van der Waals surface area (Å²) in [4.78, 5) is 17.4. The number of hydrogen-bond donors (Lipinski definition) is 1. The molecule has 1 aliphatic heterocycles. The van der Waals surface area contributed by atoms with E-state index in [0.29, 0.717) is 0 Å². The largest absolute Gasteiger partial charge is 0.347 e. The number of rotatable bonds is 3. The van der Waals surface area contributed by atoms with E-state index in [4.69, 9.17) is 0 Å². The zero-order valence-electron chi connectivity index (χ0n) is 10.9. The summed E-state index contributed by atoms with van der Waals surface area (Å²) >= 11 is 8.73. The van der Waals surface area contributed by atoms with Crippen molar-refractivity contribution in [2.24, 2.45) is 0 Å². The van der Waals surface area contributed by atoms with Crippen molar-refractivity contribution in [3.8, 4) is 0 Å². The summed E-state index contributed by atoms with van der Waals surface area (Å²) in [5.74, 6) is 0.168.